The van der Waals surface area contributed by atoms with Crippen LogP contribution in [0.1, 0.15) is 11.3 Å². The van der Waals surface area contributed by atoms with Crippen LogP contribution in [0.4, 0.5) is 0 Å². The van der Waals surface area contributed by atoms with Gasteiger partial charge in [-0.2, -0.15) is 0 Å². The summed E-state index contributed by atoms with van der Waals surface area (Å²) in [6, 6.07) is 3.52. The van der Waals surface area contributed by atoms with Gasteiger partial charge in [-0.1, -0.05) is 23.2 Å². The summed E-state index contributed by atoms with van der Waals surface area (Å²) in [5.41, 5.74) is 1.81. The largest absolute Gasteiger partial charge is 0.495 e. The minimum absolute atomic E-state index is 0.127. The second-order valence-corrected chi connectivity index (χ2v) is 6.85. The summed E-state index contributed by atoms with van der Waals surface area (Å²) in [6.07, 6.45) is 5.38. The lowest BCUT2D eigenvalue weighted by atomic mass is 10.0. The van der Waals surface area contributed by atoms with Gasteiger partial charge >= 0.3 is 0 Å². The van der Waals surface area contributed by atoms with Crippen LogP contribution in [-0.4, -0.2) is 46.3 Å². The van der Waals surface area contributed by atoms with Crippen molar-refractivity contribution in [2.45, 2.75) is 19.1 Å². The highest BCUT2D eigenvalue weighted by Gasteiger charge is 2.32. The van der Waals surface area contributed by atoms with Gasteiger partial charge < -0.3 is 9.84 Å². The predicted molar refractivity (Wildman–Crippen MR) is 93.5 cm³/mol. The third-order valence-electron chi connectivity index (χ3n) is 4.25. The molecule has 0 radical (unpaired) electrons. The molecule has 2 atom stereocenters. The first-order chi connectivity index (χ1) is 11.6. The molecule has 1 aliphatic heterocycles. The molecule has 128 valence electrons. The fourth-order valence-corrected chi connectivity index (χ4v) is 3.79. The molecule has 0 aliphatic carbocycles. The smallest absolute Gasteiger partial charge is 0.142 e. The number of hydrogen-bond donors (Lipinski definition) is 1. The Kier molecular flexibility index (Phi) is 5.56. The van der Waals surface area contributed by atoms with E-state index in [1.165, 1.54) is 0 Å². The molecule has 5 nitrogen and oxygen atoms in total. The van der Waals surface area contributed by atoms with E-state index < -0.39 is 6.10 Å². The lowest BCUT2D eigenvalue weighted by molar-refractivity contribution is 0.140. The molecule has 1 aliphatic rings. The van der Waals surface area contributed by atoms with Gasteiger partial charge in [0.1, 0.15) is 5.75 Å². The van der Waals surface area contributed by atoms with Crippen molar-refractivity contribution in [1.82, 2.24) is 14.9 Å². The summed E-state index contributed by atoms with van der Waals surface area (Å²) in [7, 11) is 1.59. The highest BCUT2D eigenvalue weighted by molar-refractivity contribution is 6.35. The van der Waals surface area contributed by atoms with Gasteiger partial charge in [0, 0.05) is 54.7 Å². The molecule has 0 spiro atoms. The molecule has 0 amide bonds. The van der Waals surface area contributed by atoms with Crippen LogP contribution in [0.5, 0.6) is 5.75 Å². The first-order valence-electron chi connectivity index (χ1n) is 7.74. The van der Waals surface area contributed by atoms with Gasteiger partial charge in [0.15, 0.2) is 0 Å². The highest BCUT2D eigenvalue weighted by atomic mass is 35.5. The summed E-state index contributed by atoms with van der Waals surface area (Å²) in [5.74, 6) is 0.760. The Labute approximate surface area is 151 Å². The molecule has 2 heterocycles. The topological polar surface area (TPSA) is 58.5 Å². The number of aromatic nitrogens is 2. The van der Waals surface area contributed by atoms with Gasteiger partial charge in [-0.25, -0.2) is 0 Å². The van der Waals surface area contributed by atoms with Crippen molar-refractivity contribution in [1.29, 1.82) is 0 Å². The maximum absolute atomic E-state index is 10.4. The molecule has 2 unspecified atom stereocenters. The van der Waals surface area contributed by atoms with E-state index in [1.807, 2.05) is 6.07 Å². The average molecular weight is 368 g/mol. The molecule has 1 aromatic carbocycles. The second kappa shape index (κ2) is 7.66. The lowest BCUT2D eigenvalue weighted by Crippen LogP contribution is -2.21. The van der Waals surface area contributed by atoms with Crippen LogP contribution in [0.15, 0.2) is 30.7 Å². The molecular weight excluding hydrogens is 349 g/mol. The number of β-amino-alcohol motifs (C(OH)–C–C–N with tert-alkyl or cyclic N) is 1. The van der Waals surface area contributed by atoms with Crippen LogP contribution >= 0.6 is 23.2 Å². The molecule has 1 fully saturated rings. The normalized spacial score (nSPS) is 21.2. The molecule has 2 aromatic rings. The van der Waals surface area contributed by atoms with E-state index in [4.69, 9.17) is 27.9 Å². The molecule has 24 heavy (non-hydrogen) atoms. The number of ether oxygens (including phenoxy) is 1. The number of benzene rings is 1. The van der Waals surface area contributed by atoms with E-state index in [9.17, 15) is 5.11 Å². The number of hydrogen-bond acceptors (Lipinski definition) is 5. The highest BCUT2D eigenvalue weighted by Crippen LogP contribution is 2.34. The Balaban J connectivity index is 1.69. The predicted octanol–water partition coefficient (Wildman–Crippen LogP) is 2.83. The van der Waals surface area contributed by atoms with E-state index in [0.29, 0.717) is 35.3 Å². The fourth-order valence-electron chi connectivity index (χ4n) is 3.18. The molecule has 3 rings (SSSR count). The van der Waals surface area contributed by atoms with Crippen molar-refractivity contribution in [2.24, 2.45) is 5.92 Å². The summed E-state index contributed by atoms with van der Waals surface area (Å²) in [5, 5.41) is 11.4. The van der Waals surface area contributed by atoms with Crippen LogP contribution in [0.3, 0.4) is 0 Å². The van der Waals surface area contributed by atoms with Crippen LogP contribution in [0.2, 0.25) is 10.0 Å². The van der Waals surface area contributed by atoms with Gasteiger partial charge in [0.25, 0.3) is 0 Å². The third-order valence-corrected chi connectivity index (χ3v) is 4.75. The lowest BCUT2D eigenvalue weighted by Gasteiger charge is -2.18. The Morgan fingerprint density at radius 3 is 2.83 bits per heavy atom. The van der Waals surface area contributed by atoms with E-state index in [1.54, 1.807) is 31.8 Å². The standard InChI is InChI=1S/C17H19Cl2N3O2/c1-24-17-12(4-13(18)6-15(17)19)9-22-8-11(16(23)10-22)5-14-7-20-2-3-21-14/h2-4,6-7,11,16,23H,5,8-10H2,1H3. The van der Waals surface area contributed by atoms with Gasteiger partial charge in [-0.15, -0.1) is 0 Å². The molecule has 1 N–H and O–H groups in total. The number of rotatable bonds is 5. The number of likely N-dealkylation sites (tertiary alicyclic amines) is 1. The number of halogens is 2. The number of methoxy groups -OCH3 is 1. The molecular formula is C17H19Cl2N3O2. The zero-order valence-electron chi connectivity index (χ0n) is 13.3. The minimum Gasteiger partial charge on any atom is -0.495 e. The summed E-state index contributed by atoms with van der Waals surface area (Å²) in [4.78, 5) is 10.5. The van der Waals surface area contributed by atoms with Crippen LogP contribution < -0.4 is 4.74 Å². The Morgan fingerprint density at radius 2 is 2.12 bits per heavy atom. The van der Waals surface area contributed by atoms with Gasteiger partial charge in [0.2, 0.25) is 0 Å². The van der Waals surface area contributed by atoms with E-state index in [2.05, 4.69) is 14.9 Å². The van der Waals surface area contributed by atoms with E-state index in [0.717, 1.165) is 17.8 Å². The summed E-state index contributed by atoms with van der Waals surface area (Å²) < 4.78 is 5.39. The summed E-state index contributed by atoms with van der Waals surface area (Å²) >= 11 is 12.3. The Bertz CT molecular complexity index is 700. The SMILES string of the molecule is COc1c(Cl)cc(Cl)cc1CN1CC(O)C(Cc2cnccn2)C1. The van der Waals surface area contributed by atoms with Gasteiger partial charge in [0.05, 0.1) is 23.9 Å². The van der Waals surface area contributed by atoms with Crippen LogP contribution in [0, 0.1) is 5.92 Å². The zero-order valence-corrected chi connectivity index (χ0v) is 14.8. The van der Waals surface area contributed by atoms with Crippen molar-refractivity contribution in [3.8, 4) is 5.75 Å². The van der Waals surface area contributed by atoms with Gasteiger partial charge in [-0.3, -0.25) is 14.9 Å². The van der Waals surface area contributed by atoms with Crippen molar-refractivity contribution in [2.75, 3.05) is 20.2 Å². The molecule has 1 aromatic heterocycles. The Morgan fingerprint density at radius 1 is 1.29 bits per heavy atom. The minimum atomic E-state index is -0.396. The van der Waals surface area contributed by atoms with Crippen molar-refractivity contribution in [3.63, 3.8) is 0 Å². The van der Waals surface area contributed by atoms with E-state index in [-0.39, 0.29) is 5.92 Å². The van der Waals surface area contributed by atoms with Crippen molar-refractivity contribution in [3.05, 3.63) is 52.0 Å². The molecule has 1 saturated heterocycles. The number of nitrogens with zero attached hydrogens (tertiary/aromatic N) is 3. The van der Waals surface area contributed by atoms with E-state index >= 15 is 0 Å². The van der Waals surface area contributed by atoms with Crippen LogP contribution in [0.25, 0.3) is 0 Å². The maximum atomic E-state index is 10.4. The monoisotopic (exact) mass is 367 g/mol. The van der Waals surface area contributed by atoms with Crippen molar-refractivity contribution >= 4 is 23.2 Å². The van der Waals surface area contributed by atoms with Gasteiger partial charge in [-0.05, 0) is 18.6 Å². The summed E-state index contributed by atoms with van der Waals surface area (Å²) in [6.45, 7) is 1.99. The quantitative estimate of drug-likeness (QED) is 0.880. The third kappa shape index (κ3) is 3.98. The number of aliphatic hydroxyl groups is 1. The fraction of sp³-hybridized carbons (Fsp3) is 0.412. The van der Waals surface area contributed by atoms with Crippen molar-refractivity contribution < 1.29 is 9.84 Å². The molecule has 0 bridgehead atoms. The second-order valence-electron chi connectivity index (χ2n) is 6.00. The first-order valence-corrected chi connectivity index (χ1v) is 8.49. The maximum Gasteiger partial charge on any atom is 0.142 e. The first kappa shape index (κ1) is 17.4. The van der Waals surface area contributed by atoms with Crippen LogP contribution in [-0.2, 0) is 13.0 Å². The molecule has 7 heteroatoms. The zero-order chi connectivity index (χ0) is 17.1. The number of aliphatic hydroxyl groups excluding tert-OH is 1. The Hall–Kier alpha value is -1.40. The average Bonchev–Trinajstić information content (AvgIpc) is 2.87. The molecule has 0 saturated carbocycles.